The van der Waals surface area contributed by atoms with Crippen molar-refractivity contribution < 1.29 is 9.59 Å². The molecule has 2 heterocycles. The number of piperazine rings is 1. The summed E-state index contributed by atoms with van der Waals surface area (Å²) in [7, 11) is 0. The Morgan fingerprint density at radius 2 is 1.67 bits per heavy atom. The molecule has 0 bridgehead atoms. The second kappa shape index (κ2) is 7.99. The summed E-state index contributed by atoms with van der Waals surface area (Å²) in [5, 5.41) is 3.92. The molecule has 2 amide bonds. The Hall–Kier alpha value is -1.59. The standard InChI is InChI=1S/C18H24ClN3O2/c19-16-4-2-1-3-15(16)13-17(23)21-9-11-22(12-10-21)18(24)14-5-7-20-8-6-14/h1-4,14,20H,5-13H2. The molecule has 0 radical (unpaired) electrons. The molecule has 2 aliphatic heterocycles. The van der Waals surface area contributed by atoms with Gasteiger partial charge in [-0.2, -0.15) is 0 Å². The topological polar surface area (TPSA) is 52.7 Å². The Balaban J connectivity index is 1.50. The van der Waals surface area contributed by atoms with Gasteiger partial charge in [0.2, 0.25) is 11.8 Å². The number of amides is 2. The number of carbonyl (C=O) groups is 2. The van der Waals surface area contributed by atoms with Crippen LogP contribution in [0.4, 0.5) is 0 Å². The quantitative estimate of drug-likeness (QED) is 0.901. The lowest BCUT2D eigenvalue weighted by Crippen LogP contribution is -2.53. The lowest BCUT2D eigenvalue weighted by molar-refractivity contribution is -0.142. The Labute approximate surface area is 147 Å². The molecule has 1 aromatic carbocycles. The highest BCUT2D eigenvalue weighted by molar-refractivity contribution is 6.31. The number of nitrogens with zero attached hydrogens (tertiary/aromatic N) is 2. The van der Waals surface area contributed by atoms with Gasteiger partial charge in [0.25, 0.3) is 0 Å². The molecule has 0 aliphatic carbocycles. The molecule has 0 spiro atoms. The van der Waals surface area contributed by atoms with E-state index in [1.807, 2.05) is 28.0 Å². The van der Waals surface area contributed by atoms with E-state index >= 15 is 0 Å². The van der Waals surface area contributed by atoms with Gasteiger partial charge in [-0.3, -0.25) is 9.59 Å². The first-order valence-electron chi connectivity index (χ1n) is 8.66. The summed E-state index contributed by atoms with van der Waals surface area (Å²) in [6, 6.07) is 7.45. The molecule has 0 aromatic heterocycles. The van der Waals surface area contributed by atoms with Crippen molar-refractivity contribution in [2.24, 2.45) is 5.92 Å². The van der Waals surface area contributed by atoms with Crippen molar-refractivity contribution in [2.45, 2.75) is 19.3 Å². The molecule has 2 saturated heterocycles. The van der Waals surface area contributed by atoms with Gasteiger partial charge in [-0.05, 0) is 37.6 Å². The number of hydrogen-bond donors (Lipinski definition) is 1. The van der Waals surface area contributed by atoms with E-state index in [0.29, 0.717) is 37.6 Å². The molecular formula is C18H24ClN3O2. The molecule has 3 rings (SSSR count). The van der Waals surface area contributed by atoms with Crippen molar-refractivity contribution in [3.8, 4) is 0 Å². The average Bonchev–Trinajstić information content (AvgIpc) is 2.64. The average molecular weight is 350 g/mol. The molecule has 5 nitrogen and oxygen atoms in total. The van der Waals surface area contributed by atoms with Crippen molar-refractivity contribution in [3.63, 3.8) is 0 Å². The molecular weight excluding hydrogens is 326 g/mol. The predicted octanol–water partition coefficient (Wildman–Crippen LogP) is 1.55. The maximum atomic E-state index is 12.5. The molecule has 130 valence electrons. The van der Waals surface area contributed by atoms with E-state index in [1.54, 1.807) is 6.07 Å². The maximum Gasteiger partial charge on any atom is 0.227 e. The minimum absolute atomic E-state index is 0.0806. The normalized spacial score (nSPS) is 19.4. The number of benzene rings is 1. The van der Waals surface area contributed by atoms with Gasteiger partial charge in [0.15, 0.2) is 0 Å². The summed E-state index contributed by atoms with van der Waals surface area (Å²) in [6.07, 6.45) is 2.16. The fraction of sp³-hybridized carbons (Fsp3) is 0.556. The van der Waals surface area contributed by atoms with E-state index in [1.165, 1.54) is 0 Å². The van der Waals surface area contributed by atoms with Crippen LogP contribution in [0.15, 0.2) is 24.3 Å². The number of rotatable bonds is 3. The van der Waals surface area contributed by atoms with Gasteiger partial charge in [-0.15, -0.1) is 0 Å². The summed E-state index contributed by atoms with van der Waals surface area (Å²) in [5.41, 5.74) is 0.859. The van der Waals surface area contributed by atoms with Gasteiger partial charge in [0, 0.05) is 37.1 Å². The third kappa shape index (κ3) is 4.08. The van der Waals surface area contributed by atoms with Crippen LogP contribution in [-0.4, -0.2) is 60.9 Å². The summed E-state index contributed by atoms with van der Waals surface area (Å²) in [6.45, 7) is 4.34. The van der Waals surface area contributed by atoms with Crippen molar-refractivity contribution in [1.82, 2.24) is 15.1 Å². The van der Waals surface area contributed by atoms with Crippen LogP contribution in [0.5, 0.6) is 0 Å². The number of hydrogen-bond acceptors (Lipinski definition) is 3. The molecule has 6 heteroatoms. The first-order valence-corrected chi connectivity index (χ1v) is 9.03. The molecule has 2 aliphatic rings. The highest BCUT2D eigenvalue weighted by Crippen LogP contribution is 2.19. The van der Waals surface area contributed by atoms with Crippen LogP contribution in [-0.2, 0) is 16.0 Å². The van der Waals surface area contributed by atoms with Crippen LogP contribution >= 0.6 is 11.6 Å². The molecule has 0 atom stereocenters. The molecule has 0 saturated carbocycles. The van der Waals surface area contributed by atoms with Gasteiger partial charge in [0.1, 0.15) is 0 Å². The van der Waals surface area contributed by atoms with Crippen LogP contribution in [0.1, 0.15) is 18.4 Å². The fourth-order valence-corrected chi connectivity index (χ4v) is 3.62. The summed E-state index contributed by atoms with van der Waals surface area (Å²) in [4.78, 5) is 28.8. The van der Waals surface area contributed by atoms with Crippen molar-refractivity contribution >= 4 is 23.4 Å². The zero-order valence-corrected chi connectivity index (χ0v) is 14.6. The number of piperidine rings is 1. The van der Waals surface area contributed by atoms with Gasteiger partial charge in [-0.25, -0.2) is 0 Å². The van der Waals surface area contributed by atoms with Crippen molar-refractivity contribution in [1.29, 1.82) is 0 Å². The first-order chi connectivity index (χ1) is 11.6. The van der Waals surface area contributed by atoms with Crippen LogP contribution in [0.2, 0.25) is 5.02 Å². The number of carbonyl (C=O) groups excluding carboxylic acids is 2. The van der Waals surface area contributed by atoms with Gasteiger partial charge < -0.3 is 15.1 Å². The molecule has 1 aromatic rings. The molecule has 24 heavy (non-hydrogen) atoms. The minimum Gasteiger partial charge on any atom is -0.339 e. The van der Waals surface area contributed by atoms with Crippen molar-refractivity contribution in [3.05, 3.63) is 34.9 Å². The zero-order chi connectivity index (χ0) is 16.9. The smallest absolute Gasteiger partial charge is 0.227 e. The van der Waals surface area contributed by atoms with Crippen LogP contribution < -0.4 is 5.32 Å². The van der Waals surface area contributed by atoms with Gasteiger partial charge in [0.05, 0.1) is 6.42 Å². The number of halogens is 1. The molecule has 0 unspecified atom stereocenters. The van der Waals surface area contributed by atoms with Gasteiger partial charge in [-0.1, -0.05) is 29.8 Å². The maximum absolute atomic E-state index is 12.5. The monoisotopic (exact) mass is 349 g/mol. The SMILES string of the molecule is O=C(Cc1ccccc1Cl)N1CCN(C(=O)C2CCNCC2)CC1. The third-order valence-electron chi connectivity index (χ3n) is 4.93. The van der Waals surface area contributed by atoms with E-state index in [2.05, 4.69) is 5.32 Å². The van der Waals surface area contributed by atoms with Crippen molar-refractivity contribution in [2.75, 3.05) is 39.3 Å². The van der Waals surface area contributed by atoms with E-state index in [9.17, 15) is 9.59 Å². The van der Waals surface area contributed by atoms with Crippen LogP contribution in [0, 0.1) is 5.92 Å². The third-order valence-corrected chi connectivity index (χ3v) is 5.30. The highest BCUT2D eigenvalue weighted by atomic mass is 35.5. The molecule has 1 N–H and O–H groups in total. The highest BCUT2D eigenvalue weighted by Gasteiger charge is 2.29. The van der Waals surface area contributed by atoms with E-state index in [-0.39, 0.29) is 17.7 Å². The fourth-order valence-electron chi connectivity index (χ4n) is 3.42. The molecule has 2 fully saturated rings. The van der Waals surface area contributed by atoms with Crippen LogP contribution in [0.25, 0.3) is 0 Å². The Kier molecular flexibility index (Phi) is 5.74. The first kappa shape index (κ1) is 17.2. The van der Waals surface area contributed by atoms with E-state index in [4.69, 9.17) is 11.6 Å². The van der Waals surface area contributed by atoms with Gasteiger partial charge >= 0.3 is 0 Å². The summed E-state index contributed by atoms with van der Waals surface area (Å²) < 4.78 is 0. The van der Waals surface area contributed by atoms with E-state index in [0.717, 1.165) is 31.5 Å². The lowest BCUT2D eigenvalue weighted by Gasteiger charge is -2.37. The second-order valence-electron chi connectivity index (χ2n) is 6.50. The van der Waals surface area contributed by atoms with Crippen LogP contribution in [0.3, 0.4) is 0 Å². The second-order valence-corrected chi connectivity index (χ2v) is 6.91. The lowest BCUT2D eigenvalue weighted by atomic mass is 9.96. The number of nitrogens with one attached hydrogen (secondary N) is 1. The zero-order valence-electron chi connectivity index (χ0n) is 13.8. The minimum atomic E-state index is 0.0806. The Morgan fingerprint density at radius 3 is 2.33 bits per heavy atom. The predicted molar refractivity (Wildman–Crippen MR) is 93.9 cm³/mol. The summed E-state index contributed by atoms with van der Waals surface area (Å²) in [5.74, 6) is 0.489. The Morgan fingerprint density at radius 1 is 1.04 bits per heavy atom. The van der Waals surface area contributed by atoms with E-state index < -0.39 is 0 Å². The summed E-state index contributed by atoms with van der Waals surface area (Å²) >= 11 is 6.13. The Bertz CT molecular complexity index is 594. The largest absolute Gasteiger partial charge is 0.339 e.